The third-order valence-electron chi connectivity index (χ3n) is 5.83. The van der Waals surface area contributed by atoms with Gasteiger partial charge in [-0.05, 0) is 99.1 Å². The van der Waals surface area contributed by atoms with Gasteiger partial charge in [0.2, 0.25) is 0 Å². The molecule has 1 fully saturated rings. The summed E-state index contributed by atoms with van der Waals surface area (Å²) in [6, 6.07) is 6.62. The second-order valence-corrected chi connectivity index (χ2v) is 10.8. The van der Waals surface area contributed by atoms with Gasteiger partial charge in [-0.25, -0.2) is 14.3 Å². The second-order valence-electron chi connectivity index (χ2n) is 9.67. The molecule has 1 aliphatic rings. The number of hydrogen-bond acceptors (Lipinski definition) is 5. The van der Waals surface area contributed by atoms with Gasteiger partial charge in [0, 0.05) is 58.8 Å². The smallest absolute Gasteiger partial charge is 0.420 e. The van der Waals surface area contributed by atoms with Gasteiger partial charge in [-0.15, -0.1) is 0 Å². The summed E-state index contributed by atoms with van der Waals surface area (Å²) in [4.78, 5) is 22.2. The number of piperazine rings is 1. The van der Waals surface area contributed by atoms with Gasteiger partial charge in [0.05, 0.1) is 0 Å². The maximum absolute atomic E-state index is 12.6. The summed E-state index contributed by atoms with van der Waals surface area (Å²) in [5.74, 6) is 0. The number of rotatable bonds is 2. The number of pyridine rings is 1. The molecule has 0 unspecified atom stereocenters. The summed E-state index contributed by atoms with van der Waals surface area (Å²) in [6.45, 7) is 14.3. The van der Waals surface area contributed by atoms with Crippen molar-refractivity contribution in [1.82, 2.24) is 14.5 Å². The van der Waals surface area contributed by atoms with Gasteiger partial charge in [0.1, 0.15) is 5.60 Å². The highest BCUT2D eigenvalue weighted by Crippen LogP contribution is 2.33. The van der Waals surface area contributed by atoms with Crippen LogP contribution in [0, 0.1) is 17.4 Å². The summed E-state index contributed by atoms with van der Waals surface area (Å²) < 4.78 is 8.01. The predicted molar refractivity (Wildman–Crippen MR) is 139 cm³/mol. The Labute approximate surface area is 203 Å². The summed E-state index contributed by atoms with van der Waals surface area (Å²) in [5.41, 5.74) is 6.17. The van der Waals surface area contributed by atoms with Gasteiger partial charge in [0.15, 0.2) is 5.65 Å². The van der Waals surface area contributed by atoms with Gasteiger partial charge < -0.3 is 14.5 Å². The Bertz CT molecular complexity index is 1150. The van der Waals surface area contributed by atoms with E-state index in [4.69, 9.17) is 4.74 Å². The number of anilines is 1. The molecule has 1 aliphatic heterocycles. The Morgan fingerprint density at radius 3 is 2.25 bits per heavy atom. The van der Waals surface area contributed by atoms with E-state index in [1.807, 2.05) is 27.0 Å². The molecule has 3 heterocycles. The van der Waals surface area contributed by atoms with Crippen molar-refractivity contribution < 1.29 is 9.53 Å². The first-order valence-electron chi connectivity index (χ1n) is 11.0. The van der Waals surface area contributed by atoms with E-state index in [0.29, 0.717) is 5.65 Å². The van der Waals surface area contributed by atoms with Crippen molar-refractivity contribution in [2.45, 2.75) is 40.2 Å². The number of benzene rings is 1. The molecule has 0 aliphatic carbocycles. The number of fused-ring (bicyclic) bond motifs is 1. The van der Waals surface area contributed by atoms with E-state index >= 15 is 0 Å². The third-order valence-corrected chi connectivity index (χ3v) is 6.69. The van der Waals surface area contributed by atoms with E-state index < -0.39 is 11.7 Å². The van der Waals surface area contributed by atoms with Crippen LogP contribution in [0.3, 0.4) is 0 Å². The van der Waals surface area contributed by atoms with Crippen molar-refractivity contribution in [1.29, 1.82) is 0 Å². The molecular formula is C25H31IN4O2. The van der Waals surface area contributed by atoms with E-state index in [0.717, 1.165) is 46.3 Å². The fraction of sp³-hybridized carbons (Fsp3) is 0.440. The normalized spacial score (nSPS) is 15.4. The molecule has 0 amide bonds. The minimum atomic E-state index is -0.556. The maximum atomic E-state index is 12.6. The summed E-state index contributed by atoms with van der Waals surface area (Å²) in [5, 5.41) is 0.951. The zero-order chi connectivity index (χ0) is 23.2. The van der Waals surface area contributed by atoms with Gasteiger partial charge in [-0.3, -0.25) is 0 Å². The van der Waals surface area contributed by atoms with Crippen LogP contribution in [0.1, 0.15) is 31.9 Å². The van der Waals surface area contributed by atoms with Gasteiger partial charge in [-0.1, -0.05) is 0 Å². The average molecular weight is 546 g/mol. The Morgan fingerprint density at radius 1 is 1.03 bits per heavy atom. The molecule has 0 bridgehead atoms. The summed E-state index contributed by atoms with van der Waals surface area (Å²) in [7, 11) is 2.18. The molecule has 4 rings (SSSR count). The van der Waals surface area contributed by atoms with Crippen molar-refractivity contribution in [3.8, 4) is 11.1 Å². The largest absolute Gasteiger partial charge is 0.443 e. The number of carbonyl (C=O) groups excluding carboxylic acids is 1. The minimum absolute atomic E-state index is 0.408. The first-order chi connectivity index (χ1) is 15.0. The highest BCUT2D eigenvalue weighted by Gasteiger charge is 2.22. The lowest BCUT2D eigenvalue weighted by atomic mass is 9.98. The van der Waals surface area contributed by atoms with Crippen LogP contribution in [0.15, 0.2) is 30.6 Å². The number of ether oxygens (including phenoxy) is 1. The molecular weight excluding hydrogens is 515 g/mol. The fourth-order valence-corrected chi connectivity index (χ4v) is 5.00. The Kier molecular flexibility index (Phi) is 6.24. The molecule has 1 saturated heterocycles. The molecule has 0 spiro atoms. The SMILES string of the molecule is Cc1cc(-c2cnc3c(c2)c(I)cn3C(=O)OC(C)(C)C)cc(C)c1N1CCN(C)CC1. The first-order valence-corrected chi connectivity index (χ1v) is 12.1. The number of likely N-dealkylation sites (N-methyl/N-ethyl adjacent to an activating group) is 1. The number of aryl methyl sites for hydroxylation is 2. The van der Waals surface area contributed by atoms with Gasteiger partial charge in [-0.2, -0.15) is 0 Å². The van der Waals surface area contributed by atoms with Crippen molar-refractivity contribution >= 4 is 45.4 Å². The lowest BCUT2D eigenvalue weighted by Gasteiger charge is -2.36. The molecule has 0 radical (unpaired) electrons. The molecule has 3 aromatic rings. The van der Waals surface area contributed by atoms with Crippen LogP contribution in [-0.4, -0.2) is 59.4 Å². The van der Waals surface area contributed by atoms with Crippen LogP contribution >= 0.6 is 22.6 Å². The topological polar surface area (TPSA) is 50.6 Å². The average Bonchev–Trinajstić information content (AvgIpc) is 3.04. The van der Waals surface area contributed by atoms with E-state index in [2.05, 4.69) is 76.5 Å². The van der Waals surface area contributed by atoms with Crippen LogP contribution in [0.25, 0.3) is 22.2 Å². The molecule has 0 atom stereocenters. The van der Waals surface area contributed by atoms with Crippen molar-refractivity contribution in [3.63, 3.8) is 0 Å². The molecule has 170 valence electrons. The van der Waals surface area contributed by atoms with Crippen LogP contribution < -0.4 is 4.90 Å². The van der Waals surface area contributed by atoms with E-state index in [-0.39, 0.29) is 0 Å². The van der Waals surface area contributed by atoms with E-state index in [9.17, 15) is 4.79 Å². The van der Waals surface area contributed by atoms with Crippen LogP contribution in [0.4, 0.5) is 10.5 Å². The zero-order valence-corrected chi connectivity index (χ0v) is 21.9. The first kappa shape index (κ1) is 23.0. The monoisotopic (exact) mass is 546 g/mol. The molecule has 6 nitrogen and oxygen atoms in total. The Hall–Kier alpha value is -2.13. The fourth-order valence-electron chi connectivity index (χ4n) is 4.33. The molecule has 0 saturated carbocycles. The van der Waals surface area contributed by atoms with Crippen molar-refractivity contribution in [2.24, 2.45) is 0 Å². The molecule has 1 aromatic carbocycles. The standard InChI is InChI=1S/C25H31IN4O2/c1-16-11-18(12-17(2)22(16)29-9-7-28(6)8-10-29)19-13-20-21(26)15-30(23(20)27-14-19)24(31)32-25(3,4)5/h11-15H,7-10H2,1-6H3. The Morgan fingerprint density at radius 2 is 1.66 bits per heavy atom. The lowest BCUT2D eigenvalue weighted by Crippen LogP contribution is -2.45. The second kappa shape index (κ2) is 8.67. The summed E-state index contributed by atoms with van der Waals surface area (Å²) in [6.07, 6.45) is 3.24. The highest BCUT2D eigenvalue weighted by atomic mass is 127. The van der Waals surface area contributed by atoms with Crippen molar-refractivity contribution in [3.05, 3.63) is 45.3 Å². The quantitative estimate of drug-likeness (QED) is 0.400. The summed E-state index contributed by atoms with van der Waals surface area (Å²) >= 11 is 2.26. The number of carbonyl (C=O) groups is 1. The van der Waals surface area contributed by atoms with Gasteiger partial charge in [0.25, 0.3) is 0 Å². The van der Waals surface area contributed by atoms with Crippen molar-refractivity contribution in [2.75, 3.05) is 38.1 Å². The Balaban J connectivity index is 1.68. The zero-order valence-electron chi connectivity index (χ0n) is 19.7. The minimum Gasteiger partial charge on any atom is -0.443 e. The maximum Gasteiger partial charge on any atom is 0.420 e. The molecule has 0 N–H and O–H groups in total. The van der Waals surface area contributed by atoms with E-state index in [1.54, 1.807) is 6.20 Å². The molecule has 7 heteroatoms. The van der Waals surface area contributed by atoms with Gasteiger partial charge >= 0.3 is 6.09 Å². The van der Waals surface area contributed by atoms with Crippen LogP contribution in [0.5, 0.6) is 0 Å². The number of nitrogens with zero attached hydrogens (tertiary/aromatic N) is 4. The van der Waals surface area contributed by atoms with Crippen LogP contribution in [-0.2, 0) is 4.74 Å². The van der Waals surface area contributed by atoms with Crippen LogP contribution in [0.2, 0.25) is 0 Å². The molecule has 32 heavy (non-hydrogen) atoms. The number of halogens is 1. The molecule has 2 aromatic heterocycles. The third kappa shape index (κ3) is 4.64. The van der Waals surface area contributed by atoms with E-state index in [1.165, 1.54) is 21.4 Å². The number of hydrogen-bond donors (Lipinski definition) is 0. The lowest BCUT2D eigenvalue weighted by molar-refractivity contribution is 0.0543. The number of aromatic nitrogens is 2. The predicted octanol–water partition coefficient (Wildman–Crippen LogP) is 5.46. The highest BCUT2D eigenvalue weighted by molar-refractivity contribution is 14.1.